The van der Waals surface area contributed by atoms with Gasteiger partial charge in [0.25, 0.3) is 0 Å². The van der Waals surface area contributed by atoms with Crippen LogP contribution in [0.5, 0.6) is 0 Å². The molecule has 0 saturated carbocycles. The van der Waals surface area contributed by atoms with E-state index in [4.69, 9.17) is 4.74 Å². The largest absolute Gasteiger partial charge is 0.474 e. The van der Waals surface area contributed by atoms with Gasteiger partial charge >= 0.3 is 0 Å². The minimum Gasteiger partial charge on any atom is -0.474 e. The summed E-state index contributed by atoms with van der Waals surface area (Å²) in [6.07, 6.45) is 6.83. The summed E-state index contributed by atoms with van der Waals surface area (Å²) in [5.41, 5.74) is 2.77. The van der Waals surface area contributed by atoms with E-state index in [1.807, 2.05) is 66.8 Å². The summed E-state index contributed by atoms with van der Waals surface area (Å²) >= 11 is 0. The van der Waals surface area contributed by atoms with Crippen molar-refractivity contribution in [1.82, 2.24) is 9.80 Å². The van der Waals surface area contributed by atoms with Crippen LogP contribution in [0.25, 0.3) is 0 Å². The van der Waals surface area contributed by atoms with E-state index in [1.165, 1.54) is 0 Å². The lowest BCUT2D eigenvalue weighted by atomic mass is 9.87. The third-order valence-corrected chi connectivity index (χ3v) is 5.08. The van der Waals surface area contributed by atoms with Crippen LogP contribution >= 0.6 is 0 Å². The second-order valence-corrected chi connectivity index (χ2v) is 9.31. The number of aliphatic hydroxyl groups is 1. The van der Waals surface area contributed by atoms with Crippen molar-refractivity contribution in [2.75, 3.05) is 26.2 Å². The third kappa shape index (κ3) is 7.67. The van der Waals surface area contributed by atoms with Gasteiger partial charge in [-0.1, -0.05) is 19.1 Å². The summed E-state index contributed by atoms with van der Waals surface area (Å²) in [6, 6.07) is 0. The molecule has 1 N–H and O–H groups in total. The predicted octanol–water partition coefficient (Wildman–Crippen LogP) is 5.27. The van der Waals surface area contributed by atoms with E-state index >= 15 is 0 Å². The molecule has 1 aliphatic rings. The highest BCUT2D eigenvalue weighted by molar-refractivity contribution is 6.03. The molecule has 30 heavy (non-hydrogen) atoms. The van der Waals surface area contributed by atoms with Crippen LogP contribution in [0.2, 0.25) is 0 Å². The van der Waals surface area contributed by atoms with Gasteiger partial charge in [0.1, 0.15) is 5.60 Å². The Kier molecular flexibility index (Phi) is 9.41. The molecular formula is C25H43N3O2. The Morgan fingerprint density at radius 1 is 1.07 bits per heavy atom. The number of allylic oxidation sites excluding steroid dienone is 3. The maximum atomic E-state index is 10.8. The highest BCUT2D eigenvalue weighted by Gasteiger charge is 2.28. The van der Waals surface area contributed by atoms with Crippen molar-refractivity contribution in [3.63, 3.8) is 0 Å². The highest BCUT2D eigenvalue weighted by Crippen LogP contribution is 2.29. The molecule has 0 aliphatic carbocycles. The molecule has 1 rings (SSSR count). The third-order valence-electron chi connectivity index (χ3n) is 5.08. The smallest absolute Gasteiger partial charge is 0.182 e. The van der Waals surface area contributed by atoms with E-state index in [2.05, 4.69) is 35.2 Å². The van der Waals surface area contributed by atoms with Crippen LogP contribution < -0.4 is 0 Å². The number of rotatable bonds is 8. The first-order valence-electron chi connectivity index (χ1n) is 11.0. The fourth-order valence-corrected chi connectivity index (χ4v) is 3.66. The van der Waals surface area contributed by atoms with Crippen LogP contribution in [0, 0.1) is 0 Å². The Balaban J connectivity index is 3.17. The molecule has 0 atom stereocenters. The molecule has 5 heteroatoms. The molecule has 0 radical (unpaired) electrons. The fourth-order valence-electron chi connectivity index (χ4n) is 3.66. The van der Waals surface area contributed by atoms with Gasteiger partial charge in [0.2, 0.25) is 0 Å². The van der Waals surface area contributed by atoms with Gasteiger partial charge < -0.3 is 19.6 Å². The number of piperazine rings is 1. The number of nitrogens with zero attached hydrogens (tertiary/aromatic N) is 3. The zero-order valence-electron chi connectivity index (χ0n) is 20.7. The molecule has 0 aromatic carbocycles. The van der Waals surface area contributed by atoms with Gasteiger partial charge in [-0.05, 0) is 74.0 Å². The van der Waals surface area contributed by atoms with Gasteiger partial charge in [-0.25, -0.2) is 0 Å². The van der Waals surface area contributed by atoms with Crippen molar-refractivity contribution in [3.05, 3.63) is 47.7 Å². The number of aliphatic imine (C=N–C) groups is 1. The Bertz CT molecular complexity index is 708. The fraction of sp³-hybridized carbons (Fsp3) is 0.640. The number of ether oxygens (including phenoxy) is 1. The molecule has 1 aliphatic heterocycles. The van der Waals surface area contributed by atoms with E-state index in [0.29, 0.717) is 0 Å². The van der Waals surface area contributed by atoms with E-state index in [1.54, 1.807) is 0 Å². The van der Waals surface area contributed by atoms with Crippen LogP contribution in [0.3, 0.4) is 0 Å². The monoisotopic (exact) mass is 417 g/mol. The minimum atomic E-state index is -0.951. The first kappa shape index (κ1) is 26.0. The second-order valence-electron chi connectivity index (χ2n) is 9.31. The lowest BCUT2D eigenvalue weighted by Gasteiger charge is -2.40. The van der Waals surface area contributed by atoms with Crippen molar-refractivity contribution >= 4 is 5.71 Å². The highest BCUT2D eigenvalue weighted by atomic mass is 16.5. The van der Waals surface area contributed by atoms with Crippen LogP contribution in [-0.2, 0) is 4.74 Å². The summed E-state index contributed by atoms with van der Waals surface area (Å²) in [5, 5.41) is 10.8. The first-order chi connectivity index (χ1) is 13.8. The summed E-state index contributed by atoms with van der Waals surface area (Å²) < 4.78 is 5.95. The summed E-state index contributed by atoms with van der Waals surface area (Å²) in [5.74, 6) is 0.733. The summed E-state index contributed by atoms with van der Waals surface area (Å²) in [6.45, 7) is 25.5. The molecular weight excluding hydrogens is 374 g/mol. The van der Waals surface area contributed by atoms with E-state index in [-0.39, 0.29) is 5.60 Å². The van der Waals surface area contributed by atoms with Crippen molar-refractivity contribution in [2.24, 2.45) is 4.99 Å². The second kappa shape index (κ2) is 10.9. The minimum absolute atomic E-state index is 0.246. The Hall–Kier alpha value is -2.01. The van der Waals surface area contributed by atoms with Crippen LogP contribution in [0.15, 0.2) is 52.6 Å². The number of hydrogen-bond acceptors (Lipinski definition) is 5. The zero-order valence-corrected chi connectivity index (χ0v) is 20.7. The molecule has 0 unspecified atom stereocenters. The summed E-state index contributed by atoms with van der Waals surface area (Å²) in [4.78, 5) is 9.22. The molecule has 1 heterocycles. The Labute approximate surface area is 184 Å². The van der Waals surface area contributed by atoms with Gasteiger partial charge in [-0.2, -0.15) is 0 Å². The Morgan fingerprint density at radius 2 is 1.60 bits per heavy atom. The van der Waals surface area contributed by atoms with Crippen molar-refractivity contribution in [3.8, 4) is 0 Å². The molecule has 0 aromatic rings. The molecule has 0 aromatic heterocycles. The lowest BCUT2D eigenvalue weighted by molar-refractivity contribution is -0.00708. The topological polar surface area (TPSA) is 48.3 Å². The van der Waals surface area contributed by atoms with Gasteiger partial charge in [-0.3, -0.25) is 4.99 Å². The van der Waals surface area contributed by atoms with Gasteiger partial charge in [-0.15, -0.1) is 0 Å². The van der Waals surface area contributed by atoms with Crippen LogP contribution in [-0.4, -0.2) is 58.0 Å². The summed E-state index contributed by atoms with van der Waals surface area (Å²) in [7, 11) is 0. The molecule has 0 amide bonds. The molecule has 5 nitrogen and oxygen atoms in total. The van der Waals surface area contributed by atoms with Gasteiger partial charge in [0, 0.05) is 49.4 Å². The SMILES string of the molecule is C=C(OC(C)(C)C)N1CCN(/C(C)=C(C(=C/C)\C(C)(C)O)/C(C)=N/C=C/CC)CC1. The average molecular weight is 418 g/mol. The maximum absolute atomic E-state index is 10.8. The van der Waals surface area contributed by atoms with E-state index in [9.17, 15) is 5.11 Å². The molecule has 0 spiro atoms. The van der Waals surface area contributed by atoms with Gasteiger partial charge in [0.15, 0.2) is 5.88 Å². The lowest BCUT2D eigenvalue weighted by Crippen LogP contribution is -2.46. The van der Waals surface area contributed by atoms with E-state index < -0.39 is 5.60 Å². The number of hydrogen-bond donors (Lipinski definition) is 1. The quantitative estimate of drug-likeness (QED) is 0.332. The van der Waals surface area contributed by atoms with Gasteiger partial charge in [0.05, 0.1) is 5.60 Å². The molecule has 1 fully saturated rings. The van der Waals surface area contributed by atoms with Crippen LogP contribution in [0.1, 0.15) is 68.7 Å². The Morgan fingerprint density at radius 3 is 2.03 bits per heavy atom. The molecule has 0 bridgehead atoms. The average Bonchev–Trinajstić information content (AvgIpc) is 2.63. The van der Waals surface area contributed by atoms with Crippen molar-refractivity contribution < 1.29 is 9.84 Å². The van der Waals surface area contributed by atoms with Crippen molar-refractivity contribution in [2.45, 2.75) is 79.9 Å². The van der Waals surface area contributed by atoms with Crippen LogP contribution in [0.4, 0.5) is 0 Å². The first-order valence-corrected chi connectivity index (χ1v) is 11.0. The normalized spacial score (nSPS) is 18.1. The standard InChI is InChI=1S/C25H43N3O2/c1-11-13-14-26-19(3)23(22(12-2)25(9,10)29)20(4)27-15-17-28(18-16-27)21(5)30-24(6,7)8/h12-14,29H,5,11,15-18H2,1-4,6-10H3/b14-13+,22-12+,23-20-,26-19+. The van der Waals surface area contributed by atoms with E-state index in [0.717, 1.165) is 61.0 Å². The molecule has 1 saturated heterocycles. The predicted molar refractivity (Wildman–Crippen MR) is 128 cm³/mol. The maximum Gasteiger partial charge on any atom is 0.182 e. The molecule has 170 valence electrons. The zero-order chi connectivity index (χ0) is 23.1. The van der Waals surface area contributed by atoms with Crippen molar-refractivity contribution in [1.29, 1.82) is 0 Å².